The Hall–Kier alpha value is -6.32. The second kappa shape index (κ2) is 17.6. The van der Waals surface area contributed by atoms with Crippen LogP contribution in [-0.4, -0.2) is 69.3 Å². The van der Waals surface area contributed by atoms with Gasteiger partial charge < -0.3 is 30.3 Å². The molecule has 3 fully saturated rings. The second-order valence-corrected chi connectivity index (χ2v) is 16.7. The molecule has 3 aliphatic heterocycles. The highest BCUT2D eigenvalue weighted by molar-refractivity contribution is 6.12. The number of aromatic nitrogens is 1. The molecule has 0 bridgehead atoms. The van der Waals surface area contributed by atoms with Crippen molar-refractivity contribution in [1.29, 1.82) is 0 Å². The molecule has 1 spiro atoms. The zero-order valence-corrected chi connectivity index (χ0v) is 34.4. The smallest absolute Gasteiger partial charge is 0.324 e. The van der Waals surface area contributed by atoms with Gasteiger partial charge >= 0.3 is 5.97 Å². The standard InChI is InChI=1S/C51H50N4O7/c56-30-31-61-39-20-13-18-37(33-39)46-51(40-32-34(21-22-41(40)54-49(51)59)23-27-50(60)25-10-1-2-11-26-50)42(47(57)53-29-24-38-19-9-12-28-52-38)44-48(58)62-45(36-16-7-4-8-17-36)43(55(44)46)35-14-5-3-6-15-35/h3-9,12-22,28,32-33,42-46,56,60H,1-2,10-11,24-26,29-31H2,(H,53,57)(H,54,59)/t42-,43-,44-,45+,46+,51-/m0/s1. The molecule has 1 aliphatic carbocycles. The maximum Gasteiger partial charge on any atom is 0.324 e. The highest BCUT2D eigenvalue weighted by atomic mass is 16.6. The lowest BCUT2D eigenvalue weighted by molar-refractivity contribution is -0.178. The highest BCUT2D eigenvalue weighted by Crippen LogP contribution is 2.65. The summed E-state index contributed by atoms with van der Waals surface area (Å²) < 4.78 is 12.5. The predicted molar refractivity (Wildman–Crippen MR) is 233 cm³/mol. The van der Waals surface area contributed by atoms with Crippen LogP contribution >= 0.6 is 0 Å². The lowest BCUT2D eigenvalue weighted by Gasteiger charge is -2.46. The molecule has 4 aromatic carbocycles. The number of ether oxygens (including phenoxy) is 2. The first-order valence-electron chi connectivity index (χ1n) is 21.6. The fourth-order valence-corrected chi connectivity index (χ4v) is 10.2. The van der Waals surface area contributed by atoms with E-state index >= 15 is 14.4 Å². The summed E-state index contributed by atoms with van der Waals surface area (Å²) in [5.41, 5.74) is 1.73. The fourth-order valence-electron chi connectivity index (χ4n) is 10.2. The molecule has 4 N–H and O–H groups in total. The molecule has 0 unspecified atom stereocenters. The van der Waals surface area contributed by atoms with Crippen molar-refractivity contribution in [2.45, 2.75) is 80.2 Å². The molecular formula is C51H50N4O7. The molecule has 11 nitrogen and oxygen atoms in total. The summed E-state index contributed by atoms with van der Waals surface area (Å²) in [6.07, 6.45) is 6.33. The average Bonchev–Trinajstić information content (AvgIpc) is 3.67. The van der Waals surface area contributed by atoms with Crippen LogP contribution in [0.4, 0.5) is 5.69 Å². The normalized spacial score (nSPS) is 25.0. The lowest BCUT2D eigenvalue weighted by atomic mass is 9.65. The first-order valence-corrected chi connectivity index (χ1v) is 21.6. The van der Waals surface area contributed by atoms with Crippen molar-refractivity contribution in [2.24, 2.45) is 5.92 Å². The Morgan fingerprint density at radius 1 is 0.855 bits per heavy atom. The minimum absolute atomic E-state index is 0.0413. The number of aliphatic hydroxyl groups excluding tert-OH is 1. The zero-order valence-electron chi connectivity index (χ0n) is 34.4. The Morgan fingerprint density at radius 2 is 1.58 bits per heavy atom. The van der Waals surface area contributed by atoms with E-state index in [-0.39, 0.29) is 19.8 Å². The Kier molecular flexibility index (Phi) is 11.6. The van der Waals surface area contributed by atoms with Gasteiger partial charge in [-0.05, 0) is 90.4 Å². The minimum atomic E-state index is -1.72. The molecule has 5 aromatic rings. The van der Waals surface area contributed by atoms with Gasteiger partial charge in [0.25, 0.3) is 0 Å². The van der Waals surface area contributed by atoms with E-state index < -0.39 is 58.9 Å². The molecule has 62 heavy (non-hydrogen) atoms. The number of anilines is 1. The van der Waals surface area contributed by atoms with E-state index in [9.17, 15) is 10.2 Å². The Bertz CT molecular complexity index is 2480. The predicted octanol–water partition coefficient (Wildman–Crippen LogP) is 6.52. The van der Waals surface area contributed by atoms with E-state index in [4.69, 9.17) is 9.47 Å². The van der Waals surface area contributed by atoms with Gasteiger partial charge in [-0.15, -0.1) is 0 Å². The van der Waals surface area contributed by atoms with Gasteiger partial charge in [0.05, 0.1) is 24.6 Å². The molecule has 9 rings (SSSR count). The van der Waals surface area contributed by atoms with E-state index in [2.05, 4.69) is 27.5 Å². The maximum absolute atomic E-state index is 15.5. The summed E-state index contributed by atoms with van der Waals surface area (Å²) >= 11 is 0. The number of rotatable bonds is 10. The molecule has 0 radical (unpaired) electrons. The van der Waals surface area contributed by atoms with Crippen molar-refractivity contribution in [2.75, 3.05) is 25.1 Å². The molecular weight excluding hydrogens is 781 g/mol. The number of nitrogens with zero attached hydrogens (tertiary/aromatic N) is 2. The van der Waals surface area contributed by atoms with E-state index in [0.29, 0.717) is 47.4 Å². The Morgan fingerprint density at radius 3 is 2.31 bits per heavy atom. The molecule has 1 saturated carbocycles. The second-order valence-electron chi connectivity index (χ2n) is 16.7. The van der Waals surface area contributed by atoms with Crippen LogP contribution in [-0.2, 0) is 31.0 Å². The van der Waals surface area contributed by atoms with E-state index in [1.54, 1.807) is 18.3 Å². The van der Waals surface area contributed by atoms with E-state index in [1.807, 2.05) is 114 Å². The number of pyridine rings is 1. The molecule has 316 valence electrons. The van der Waals surface area contributed by atoms with Gasteiger partial charge in [-0.1, -0.05) is 104 Å². The molecule has 4 heterocycles. The van der Waals surface area contributed by atoms with Gasteiger partial charge in [-0.3, -0.25) is 24.3 Å². The number of carbonyl (C=O) groups is 3. The van der Waals surface area contributed by atoms with E-state index in [1.165, 1.54) is 0 Å². The van der Waals surface area contributed by atoms with Crippen LogP contribution in [0.3, 0.4) is 0 Å². The minimum Gasteiger partial charge on any atom is -0.491 e. The Balaban J connectivity index is 1.27. The summed E-state index contributed by atoms with van der Waals surface area (Å²) in [5, 5.41) is 27.5. The van der Waals surface area contributed by atoms with Crippen LogP contribution in [0.5, 0.6) is 5.75 Å². The molecule has 4 aliphatic rings. The van der Waals surface area contributed by atoms with Crippen LogP contribution in [0, 0.1) is 17.8 Å². The molecule has 6 atom stereocenters. The third-order valence-corrected chi connectivity index (χ3v) is 12.9. The number of cyclic esters (lactones) is 1. The monoisotopic (exact) mass is 830 g/mol. The zero-order chi connectivity index (χ0) is 42.7. The summed E-state index contributed by atoms with van der Waals surface area (Å²) in [7, 11) is 0. The van der Waals surface area contributed by atoms with Crippen molar-refractivity contribution < 1.29 is 34.1 Å². The first kappa shape index (κ1) is 41.1. The fraction of sp³-hybridized carbons (Fsp3) is 0.333. The van der Waals surface area contributed by atoms with Crippen LogP contribution in [0.2, 0.25) is 0 Å². The number of esters is 1. The summed E-state index contributed by atoms with van der Waals surface area (Å²) in [6.45, 7) is 0.0360. The molecule has 11 heteroatoms. The third kappa shape index (κ3) is 7.64. The van der Waals surface area contributed by atoms with Crippen molar-refractivity contribution in [3.63, 3.8) is 0 Å². The summed E-state index contributed by atoms with van der Waals surface area (Å²) in [4.78, 5) is 52.5. The molecule has 2 saturated heterocycles. The number of hydrogen-bond donors (Lipinski definition) is 4. The summed E-state index contributed by atoms with van der Waals surface area (Å²) in [5.74, 6) is 4.04. The average molecular weight is 831 g/mol. The number of benzene rings is 4. The molecule has 2 amide bonds. The number of hydrogen-bond acceptors (Lipinski definition) is 9. The van der Waals surface area contributed by atoms with Crippen molar-refractivity contribution in [1.82, 2.24) is 15.2 Å². The number of nitrogens with one attached hydrogen (secondary N) is 2. The van der Waals surface area contributed by atoms with Crippen LogP contribution in [0.15, 0.2) is 128 Å². The first-order chi connectivity index (χ1) is 30.3. The van der Waals surface area contributed by atoms with Gasteiger partial charge in [-0.2, -0.15) is 0 Å². The van der Waals surface area contributed by atoms with Crippen LogP contribution in [0.25, 0.3) is 0 Å². The lowest BCUT2D eigenvalue weighted by Crippen LogP contribution is -2.55. The van der Waals surface area contributed by atoms with Gasteiger partial charge in [-0.25, -0.2) is 0 Å². The summed E-state index contributed by atoms with van der Waals surface area (Å²) in [6, 6.07) is 34.8. The number of aliphatic hydroxyl groups is 2. The van der Waals surface area contributed by atoms with Crippen LogP contribution in [0.1, 0.15) is 90.2 Å². The van der Waals surface area contributed by atoms with Gasteiger partial charge in [0, 0.05) is 36.1 Å². The van der Waals surface area contributed by atoms with Crippen molar-refractivity contribution in [3.8, 4) is 17.6 Å². The van der Waals surface area contributed by atoms with Gasteiger partial charge in [0.2, 0.25) is 11.8 Å². The number of carbonyl (C=O) groups excluding carboxylic acids is 3. The maximum atomic E-state index is 15.5. The van der Waals surface area contributed by atoms with Crippen molar-refractivity contribution >= 4 is 23.5 Å². The largest absolute Gasteiger partial charge is 0.491 e. The van der Waals surface area contributed by atoms with Crippen LogP contribution < -0.4 is 15.4 Å². The Labute approximate surface area is 361 Å². The third-order valence-electron chi connectivity index (χ3n) is 12.9. The molecule has 1 aromatic heterocycles. The SMILES string of the molecule is O=C1O[C@H](c2ccccc2)[C@H](c2ccccc2)N2[C@H]1[C@@H](C(=O)NCCc1ccccn1)[C@]1(C(=O)Nc3ccc(C#CC4(O)CCCCCC4)cc31)[C@H]2c1cccc(OCCO)c1. The highest BCUT2D eigenvalue weighted by Gasteiger charge is 2.74. The van der Waals surface area contributed by atoms with Crippen molar-refractivity contribution in [3.05, 3.63) is 161 Å². The quantitative estimate of drug-likeness (QED) is 0.0702. The number of morpholine rings is 1. The topological polar surface area (TPSA) is 150 Å². The van der Waals surface area contributed by atoms with Gasteiger partial charge in [0.15, 0.2) is 0 Å². The number of amides is 2. The van der Waals surface area contributed by atoms with Gasteiger partial charge in [0.1, 0.15) is 35.5 Å². The number of fused-ring (bicyclic) bond motifs is 3. The van der Waals surface area contributed by atoms with E-state index in [0.717, 1.165) is 42.5 Å².